The van der Waals surface area contributed by atoms with E-state index in [1.165, 1.54) is 0 Å². The van der Waals surface area contributed by atoms with Crippen LogP contribution in [0, 0.1) is 0 Å². The Kier molecular flexibility index (Phi) is 4.22. The summed E-state index contributed by atoms with van der Waals surface area (Å²) in [5, 5.41) is 0. The lowest BCUT2D eigenvalue weighted by Gasteiger charge is -2.20. The summed E-state index contributed by atoms with van der Waals surface area (Å²) in [7, 11) is 1.92. The summed E-state index contributed by atoms with van der Waals surface area (Å²) >= 11 is 0. The highest BCUT2D eigenvalue weighted by atomic mass is 16.5. The average molecular weight is 259 g/mol. The van der Waals surface area contributed by atoms with Gasteiger partial charge in [-0.05, 0) is 13.8 Å². The summed E-state index contributed by atoms with van der Waals surface area (Å²) in [6.07, 6.45) is 8.38. The van der Waals surface area contributed by atoms with Crippen LogP contribution in [0.5, 0.6) is 5.88 Å². The second kappa shape index (κ2) is 6.08. The molecule has 0 atom stereocenters. The van der Waals surface area contributed by atoms with Gasteiger partial charge < -0.3 is 9.64 Å². The second-order valence-corrected chi connectivity index (χ2v) is 4.40. The molecule has 0 aliphatic heterocycles. The van der Waals surface area contributed by atoms with Crippen molar-refractivity contribution in [2.45, 2.75) is 26.5 Å². The van der Waals surface area contributed by atoms with Crippen molar-refractivity contribution in [2.75, 3.05) is 11.9 Å². The van der Waals surface area contributed by atoms with Crippen molar-refractivity contribution in [1.82, 2.24) is 19.9 Å². The van der Waals surface area contributed by atoms with Crippen LogP contribution in [0.25, 0.3) is 0 Å². The van der Waals surface area contributed by atoms with Crippen LogP contribution >= 0.6 is 0 Å². The number of hydrogen-bond donors (Lipinski definition) is 0. The second-order valence-electron chi connectivity index (χ2n) is 4.40. The molecule has 2 aromatic rings. The van der Waals surface area contributed by atoms with Gasteiger partial charge in [0.25, 0.3) is 5.88 Å². The molecule has 0 saturated heterocycles. The predicted octanol–water partition coefficient (Wildman–Crippen LogP) is 1.69. The molecule has 0 fully saturated rings. The first-order valence-electron chi connectivity index (χ1n) is 6.10. The molecule has 2 rings (SSSR count). The van der Waals surface area contributed by atoms with E-state index in [0.717, 1.165) is 5.69 Å². The number of anilines is 1. The maximum Gasteiger partial charge on any atom is 0.257 e. The molecule has 0 bridgehead atoms. The Bertz CT molecular complexity index is 517. The summed E-state index contributed by atoms with van der Waals surface area (Å²) in [5.41, 5.74) is 0.867. The van der Waals surface area contributed by atoms with Gasteiger partial charge in [-0.1, -0.05) is 0 Å². The molecular formula is C13H17N5O. The van der Waals surface area contributed by atoms with Gasteiger partial charge in [-0.15, -0.1) is 0 Å². The van der Waals surface area contributed by atoms with Crippen molar-refractivity contribution in [3.05, 3.63) is 36.7 Å². The van der Waals surface area contributed by atoms with E-state index in [1.807, 2.05) is 25.8 Å². The van der Waals surface area contributed by atoms with Crippen LogP contribution in [-0.4, -0.2) is 33.1 Å². The first-order valence-corrected chi connectivity index (χ1v) is 6.10. The fourth-order valence-corrected chi connectivity index (χ4v) is 1.62. The molecule has 0 aliphatic carbocycles. The summed E-state index contributed by atoms with van der Waals surface area (Å²) in [4.78, 5) is 18.8. The maximum absolute atomic E-state index is 5.65. The van der Waals surface area contributed by atoms with Crippen molar-refractivity contribution < 1.29 is 4.74 Å². The van der Waals surface area contributed by atoms with Crippen molar-refractivity contribution in [3.63, 3.8) is 0 Å². The highest BCUT2D eigenvalue weighted by Crippen LogP contribution is 2.23. The van der Waals surface area contributed by atoms with Crippen LogP contribution < -0.4 is 9.64 Å². The molecule has 2 aromatic heterocycles. The Balaban J connectivity index is 2.16. The molecule has 19 heavy (non-hydrogen) atoms. The van der Waals surface area contributed by atoms with E-state index >= 15 is 0 Å². The molecular weight excluding hydrogens is 242 g/mol. The van der Waals surface area contributed by atoms with E-state index in [1.54, 1.807) is 31.0 Å². The Morgan fingerprint density at radius 1 is 1.11 bits per heavy atom. The number of rotatable bonds is 5. The van der Waals surface area contributed by atoms with Gasteiger partial charge in [0.05, 0.1) is 24.5 Å². The fraction of sp³-hybridized carbons (Fsp3) is 0.385. The van der Waals surface area contributed by atoms with Crippen LogP contribution in [0.2, 0.25) is 0 Å². The average Bonchev–Trinajstić information content (AvgIpc) is 2.39. The van der Waals surface area contributed by atoms with Gasteiger partial charge in [-0.3, -0.25) is 9.97 Å². The summed E-state index contributed by atoms with van der Waals surface area (Å²) in [5.74, 6) is 1.23. The minimum absolute atomic E-state index is 0.0559. The lowest BCUT2D eigenvalue weighted by atomic mass is 10.4. The van der Waals surface area contributed by atoms with Gasteiger partial charge in [0.2, 0.25) is 0 Å². The minimum Gasteiger partial charge on any atom is -0.472 e. The standard InChI is InChI=1S/C13H17N5O/c1-10(2)19-13-12(16-6-7-17-13)18(3)9-11-8-14-4-5-15-11/h4-8,10H,9H2,1-3H3. The Hall–Kier alpha value is -2.24. The van der Waals surface area contributed by atoms with Crippen molar-refractivity contribution in [3.8, 4) is 5.88 Å². The third-order valence-electron chi connectivity index (χ3n) is 2.37. The van der Waals surface area contributed by atoms with Crippen LogP contribution in [0.1, 0.15) is 19.5 Å². The quantitative estimate of drug-likeness (QED) is 0.814. The first-order chi connectivity index (χ1) is 9.16. The van der Waals surface area contributed by atoms with Crippen LogP contribution in [-0.2, 0) is 6.54 Å². The zero-order valence-corrected chi connectivity index (χ0v) is 11.3. The molecule has 0 N–H and O–H groups in total. The number of nitrogens with zero attached hydrogens (tertiary/aromatic N) is 5. The van der Waals surface area contributed by atoms with E-state index in [4.69, 9.17) is 4.74 Å². The normalized spacial score (nSPS) is 10.5. The summed E-state index contributed by atoms with van der Waals surface area (Å²) in [6, 6.07) is 0. The zero-order valence-electron chi connectivity index (χ0n) is 11.3. The van der Waals surface area contributed by atoms with E-state index in [9.17, 15) is 0 Å². The molecule has 0 amide bonds. The van der Waals surface area contributed by atoms with Crippen LogP contribution in [0.3, 0.4) is 0 Å². The van der Waals surface area contributed by atoms with Gasteiger partial charge >= 0.3 is 0 Å². The summed E-state index contributed by atoms with van der Waals surface area (Å²) < 4.78 is 5.65. The highest BCUT2D eigenvalue weighted by molar-refractivity contribution is 5.47. The van der Waals surface area contributed by atoms with Crippen molar-refractivity contribution in [1.29, 1.82) is 0 Å². The first kappa shape index (κ1) is 13.2. The monoisotopic (exact) mass is 259 g/mol. The summed E-state index contributed by atoms with van der Waals surface area (Å²) in [6.45, 7) is 4.52. The van der Waals surface area contributed by atoms with Gasteiger partial charge in [0.15, 0.2) is 5.82 Å². The molecule has 6 heteroatoms. The van der Waals surface area contributed by atoms with Crippen LogP contribution in [0.4, 0.5) is 5.82 Å². The number of hydrogen-bond acceptors (Lipinski definition) is 6. The van der Waals surface area contributed by atoms with Gasteiger partial charge in [-0.2, -0.15) is 0 Å². The fourth-order valence-electron chi connectivity index (χ4n) is 1.62. The van der Waals surface area contributed by atoms with E-state index in [0.29, 0.717) is 18.2 Å². The van der Waals surface area contributed by atoms with Crippen molar-refractivity contribution >= 4 is 5.82 Å². The predicted molar refractivity (Wildman–Crippen MR) is 71.9 cm³/mol. The van der Waals surface area contributed by atoms with Gasteiger partial charge in [0, 0.05) is 31.8 Å². The highest BCUT2D eigenvalue weighted by Gasteiger charge is 2.13. The van der Waals surface area contributed by atoms with Crippen molar-refractivity contribution in [2.24, 2.45) is 0 Å². The molecule has 2 heterocycles. The molecule has 0 spiro atoms. The number of ether oxygens (including phenoxy) is 1. The lowest BCUT2D eigenvalue weighted by Crippen LogP contribution is -2.21. The molecule has 0 saturated carbocycles. The minimum atomic E-state index is 0.0559. The SMILES string of the molecule is CC(C)Oc1nccnc1N(C)Cc1cnccn1. The third-order valence-corrected chi connectivity index (χ3v) is 2.37. The lowest BCUT2D eigenvalue weighted by molar-refractivity contribution is 0.232. The maximum atomic E-state index is 5.65. The van der Waals surface area contributed by atoms with E-state index in [2.05, 4.69) is 19.9 Å². The van der Waals surface area contributed by atoms with E-state index < -0.39 is 0 Å². The molecule has 0 aromatic carbocycles. The molecule has 0 aliphatic rings. The Labute approximate surface area is 112 Å². The molecule has 0 radical (unpaired) electrons. The Morgan fingerprint density at radius 3 is 2.53 bits per heavy atom. The molecule has 6 nitrogen and oxygen atoms in total. The van der Waals surface area contributed by atoms with E-state index in [-0.39, 0.29) is 6.10 Å². The smallest absolute Gasteiger partial charge is 0.257 e. The van der Waals surface area contributed by atoms with Gasteiger partial charge in [0.1, 0.15) is 0 Å². The zero-order chi connectivity index (χ0) is 13.7. The Morgan fingerprint density at radius 2 is 1.84 bits per heavy atom. The molecule has 0 unspecified atom stereocenters. The third kappa shape index (κ3) is 3.61. The number of aromatic nitrogens is 4. The molecule has 100 valence electrons. The largest absolute Gasteiger partial charge is 0.472 e. The topological polar surface area (TPSA) is 64.0 Å². The van der Waals surface area contributed by atoms with Crippen LogP contribution in [0.15, 0.2) is 31.0 Å². The van der Waals surface area contributed by atoms with Gasteiger partial charge in [-0.25, -0.2) is 9.97 Å².